The van der Waals surface area contributed by atoms with Crippen LogP contribution in [0.4, 0.5) is 13.2 Å². The average molecular weight is 345 g/mol. The number of hydrogen-bond acceptors (Lipinski definition) is 2. The van der Waals surface area contributed by atoms with Gasteiger partial charge in [0.15, 0.2) is 0 Å². The van der Waals surface area contributed by atoms with Crippen molar-refractivity contribution in [3.8, 4) is 0 Å². The Morgan fingerprint density at radius 2 is 1.72 bits per heavy atom. The number of benzene rings is 2. The number of alkyl halides is 3. The summed E-state index contributed by atoms with van der Waals surface area (Å²) in [6, 6.07) is 13.1. The van der Waals surface area contributed by atoms with Crippen LogP contribution in [0.5, 0.6) is 0 Å². The number of rotatable bonds is 2. The van der Waals surface area contributed by atoms with Crippen LogP contribution in [0.2, 0.25) is 0 Å². The molecule has 0 atom stereocenters. The van der Waals surface area contributed by atoms with Crippen molar-refractivity contribution in [2.24, 2.45) is 4.99 Å². The van der Waals surface area contributed by atoms with Gasteiger partial charge in [0.2, 0.25) is 11.7 Å². The first-order chi connectivity index (χ1) is 11.8. The average Bonchev–Trinajstić information content (AvgIpc) is 2.94. The van der Waals surface area contributed by atoms with Crippen LogP contribution in [0, 0.1) is 6.92 Å². The van der Waals surface area contributed by atoms with Gasteiger partial charge in [0, 0.05) is 17.9 Å². The molecule has 0 saturated carbocycles. The van der Waals surface area contributed by atoms with E-state index in [0.29, 0.717) is 11.1 Å². The number of aryl methyl sites for hydroxylation is 1. The first kappa shape index (κ1) is 17.0. The van der Waals surface area contributed by atoms with E-state index in [0.717, 1.165) is 0 Å². The molecule has 25 heavy (non-hydrogen) atoms. The zero-order valence-corrected chi connectivity index (χ0v) is 13.5. The second-order valence-corrected chi connectivity index (χ2v) is 5.60. The normalized spacial score (nSPS) is 12.6. The summed E-state index contributed by atoms with van der Waals surface area (Å²) in [7, 11) is 0. The predicted octanol–water partition coefficient (Wildman–Crippen LogP) is 5.14. The van der Waals surface area contributed by atoms with E-state index in [1.807, 2.05) is 0 Å². The molecule has 0 aliphatic heterocycles. The molecule has 1 aromatic heterocycles. The Morgan fingerprint density at radius 1 is 1.04 bits per heavy atom. The highest BCUT2D eigenvalue weighted by Crippen LogP contribution is 2.40. The quantitative estimate of drug-likeness (QED) is 0.603. The molecule has 0 aliphatic rings. The van der Waals surface area contributed by atoms with Gasteiger partial charge in [-0.1, -0.05) is 48.5 Å². The Bertz CT molecular complexity index is 969. The van der Waals surface area contributed by atoms with E-state index in [4.69, 9.17) is 4.42 Å². The molecular weight excluding hydrogens is 331 g/mol. The number of fused-ring (bicyclic) bond motifs is 1. The zero-order valence-electron chi connectivity index (χ0n) is 13.5. The molecule has 0 spiro atoms. The lowest BCUT2D eigenvalue weighted by Gasteiger charge is -2.09. The highest BCUT2D eigenvalue weighted by Gasteiger charge is 2.41. The van der Waals surface area contributed by atoms with Gasteiger partial charge in [-0.05, 0) is 12.5 Å². The van der Waals surface area contributed by atoms with Crippen molar-refractivity contribution < 1.29 is 22.4 Å². The molecular formula is C19H14F3NO2. The van der Waals surface area contributed by atoms with Crippen LogP contribution < -0.4 is 0 Å². The number of carbonyl (C=O) groups is 1. The van der Waals surface area contributed by atoms with Crippen molar-refractivity contribution in [2.45, 2.75) is 20.0 Å². The molecule has 0 saturated heterocycles. The van der Waals surface area contributed by atoms with Crippen molar-refractivity contribution in [3.63, 3.8) is 0 Å². The maximum atomic E-state index is 13.6. The molecule has 0 N–H and O–H groups in total. The predicted molar refractivity (Wildman–Crippen MR) is 88.7 cm³/mol. The fourth-order valence-corrected chi connectivity index (χ4v) is 2.71. The summed E-state index contributed by atoms with van der Waals surface area (Å²) >= 11 is 0. The van der Waals surface area contributed by atoms with E-state index in [2.05, 4.69) is 4.99 Å². The summed E-state index contributed by atoms with van der Waals surface area (Å²) in [6.07, 6.45) is -4.72. The van der Waals surface area contributed by atoms with E-state index in [1.54, 1.807) is 49.4 Å². The van der Waals surface area contributed by atoms with Gasteiger partial charge in [0.05, 0.1) is 11.3 Å². The van der Waals surface area contributed by atoms with Gasteiger partial charge in [0.25, 0.3) is 0 Å². The smallest absolute Gasteiger partial charge is 0.450 e. The number of amides is 1. The van der Waals surface area contributed by atoms with E-state index < -0.39 is 17.8 Å². The molecule has 0 radical (unpaired) electrons. The molecule has 0 bridgehead atoms. The van der Waals surface area contributed by atoms with Crippen molar-refractivity contribution in [1.82, 2.24) is 0 Å². The molecule has 0 unspecified atom stereocenters. The Labute approximate surface area is 141 Å². The Balaban J connectivity index is 2.42. The molecule has 3 rings (SSSR count). The maximum absolute atomic E-state index is 13.6. The van der Waals surface area contributed by atoms with Gasteiger partial charge in [0.1, 0.15) is 5.58 Å². The third-order valence-corrected chi connectivity index (χ3v) is 3.72. The van der Waals surface area contributed by atoms with Gasteiger partial charge < -0.3 is 4.42 Å². The molecule has 0 fully saturated rings. The summed E-state index contributed by atoms with van der Waals surface area (Å²) in [5.41, 5.74) is 0.853. The monoisotopic (exact) mass is 345 g/mol. The van der Waals surface area contributed by atoms with Crippen LogP contribution in [-0.2, 0) is 11.0 Å². The number of hydrogen-bond donors (Lipinski definition) is 0. The van der Waals surface area contributed by atoms with Gasteiger partial charge in [-0.3, -0.25) is 4.79 Å². The van der Waals surface area contributed by atoms with Gasteiger partial charge >= 0.3 is 6.18 Å². The van der Waals surface area contributed by atoms with Crippen LogP contribution in [0.1, 0.15) is 29.4 Å². The minimum absolute atomic E-state index is 0.0511. The van der Waals surface area contributed by atoms with Crippen LogP contribution in [0.15, 0.2) is 57.9 Å². The van der Waals surface area contributed by atoms with Gasteiger partial charge in [-0.15, -0.1) is 0 Å². The third-order valence-electron chi connectivity index (χ3n) is 3.72. The minimum Gasteiger partial charge on any atom is -0.450 e. The summed E-state index contributed by atoms with van der Waals surface area (Å²) in [4.78, 5) is 15.4. The lowest BCUT2D eigenvalue weighted by molar-refractivity contribution is -0.152. The number of halogens is 3. The molecule has 3 aromatic rings. The largest absolute Gasteiger partial charge is 0.450 e. The van der Waals surface area contributed by atoms with Gasteiger partial charge in [-0.25, -0.2) is 4.99 Å². The molecule has 128 valence electrons. The van der Waals surface area contributed by atoms with Crippen molar-refractivity contribution in [3.05, 3.63) is 71.0 Å². The number of aliphatic imine (C=N–C) groups is 1. The second-order valence-electron chi connectivity index (χ2n) is 5.60. The topological polar surface area (TPSA) is 42.6 Å². The van der Waals surface area contributed by atoms with Crippen molar-refractivity contribution in [1.29, 1.82) is 0 Å². The summed E-state index contributed by atoms with van der Waals surface area (Å²) < 4.78 is 46.0. The molecule has 3 nitrogen and oxygen atoms in total. The number of carbonyl (C=O) groups excluding carboxylic acids is 1. The minimum atomic E-state index is -4.72. The Morgan fingerprint density at radius 3 is 2.32 bits per heavy atom. The third kappa shape index (κ3) is 3.20. The maximum Gasteiger partial charge on any atom is 0.450 e. The van der Waals surface area contributed by atoms with E-state index in [-0.39, 0.29) is 22.2 Å². The number of para-hydroxylation sites is 1. The summed E-state index contributed by atoms with van der Waals surface area (Å²) in [6.45, 7) is 2.86. The first-order valence-electron chi connectivity index (χ1n) is 7.53. The summed E-state index contributed by atoms with van der Waals surface area (Å²) in [5, 5.41) is 0.274. The second kappa shape index (κ2) is 6.20. The zero-order chi connectivity index (χ0) is 18.2. The molecule has 2 aromatic carbocycles. The van der Waals surface area contributed by atoms with E-state index in [9.17, 15) is 18.0 Å². The first-order valence-corrected chi connectivity index (χ1v) is 7.53. The SMILES string of the molecule is CC(=O)N=C(c1ccccc1)c1c(C(F)(F)F)oc2c(C)cccc12. The van der Waals surface area contributed by atoms with Crippen LogP contribution in [-0.4, -0.2) is 11.6 Å². The van der Waals surface area contributed by atoms with Crippen LogP contribution in [0.3, 0.4) is 0 Å². The highest BCUT2D eigenvalue weighted by molar-refractivity contribution is 6.22. The molecule has 6 heteroatoms. The van der Waals surface area contributed by atoms with Crippen LogP contribution in [0.25, 0.3) is 11.0 Å². The molecule has 0 aliphatic carbocycles. The molecule has 1 amide bonds. The fraction of sp³-hybridized carbons (Fsp3) is 0.158. The lowest BCUT2D eigenvalue weighted by atomic mass is 9.98. The van der Waals surface area contributed by atoms with Gasteiger partial charge in [-0.2, -0.15) is 13.2 Å². The molecule has 1 heterocycles. The van der Waals surface area contributed by atoms with E-state index >= 15 is 0 Å². The lowest BCUT2D eigenvalue weighted by Crippen LogP contribution is -2.13. The number of nitrogens with zero attached hydrogens (tertiary/aromatic N) is 1. The highest BCUT2D eigenvalue weighted by atomic mass is 19.4. The van der Waals surface area contributed by atoms with Crippen molar-refractivity contribution >= 4 is 22.6 Å². The van der Waals surface area contributed by atoms with E-state index in [1.165, 1.54) is 13.0 Å². The number of furan rings is 1. The van der Waals surface area contributed by atoms with Crippen molar-refractivity contribution in [2.75, 3.05) is 0 Å². The van der Waals surface area contributed by atoms with Crippen LogP contribution >= 0.6 is 0 Å². The summed E-state index contributed by atoms with van der Waals surface area (Å²) in [5.74, 6) is -1.74. The Hall–Kier alpha value is -2.89. The Kier molecular flexibility index (Phi) is 4.20. The fourth-order valence-electron chi connectivity index (χ4n) is 2.71. The standard InChI is InChI=1S/C19H14F3NO2/c1-11-7-6-10-14-15(18(19(20,21)22)25-17(11)14)16(23-12(2)24)13-8-4-3-5-9-13/h3-10H,1-2H3.